The molecule has 3 rings (SSSR count). The number of aromatic nitrogens is 2. The number of carbonyl (C=O) groups is 2. The fourth-order valence-corrected chi connectivity index (χ4v) is 4.57. The van der Waals surface area contributed by atoms with E-state index in [9.17, 15) is 14.4 Å². The maximum Gasteiger partial charge on any atom is 0.262 e. The van der Waals surface area contributed by atoms with Crippen LogP contribution < -0.4 is 10.9 Å². The second-order valence-electron chi connectivity index (χ2n) is 8.71. The molecule has 0 atom stereocenters. The van der Waals surface area contributed by atoms with Crippen LogP contribution >= 0.6 is 11.8 Å². The standard InChI is InChI=1S/C26H31N3O4S/c1-16(2)14-29-25(32)21-9-7-19(24(31)27-10-11-33-5)13-22(21)28-26(29)34-15-23(30)20-8-6-17(3)12-18(20)4/h6-9,12-13,16H,10-11,14-15H2,1-5H3,(H,27,31). The fraction of sp³-hybridized carbons (Fsp3) is 0.385. The van der Waals surface area contributed by atoms with Crippen LogP contribution in [0.2, 0.25) is 0 Å². The first kappa shape index (κ1) is 25.6. The van der Waals surface area contributed by atoms with Crippen LogP contribution in [0.15, 0.2) is 46.3 Å². The minimum absolute atomic E-state index is 0.0146. The molecule has 34 heavy (non-hydrogen) atoms. The van der Waals surface area contributed by atoms with E-state index < -0.39 is 0 Å². The summed E-state index contributed by atoms with van der Waals surface area (Å²) in [6.07, 6.45) is 0. The molecule has 0 fully saturated rings. The topological polar surface area (TPSA) is 90.3 Å². The van der Waals surface area contributed by atoms with Gasteiger partial charge in [-0.3, -0.25) is 19.0 Å². The number of amides is 1. The quantitative estimate of drug-likeness (QED) is 0.204. The summed E-state index contributed by atoms with van der Waals surface area (Å²) in [5.41, 5.74) is 3.38. The number of Topliss-reactive ketones (excluding diaryl/α,β-unsaturated/α-hetero) is 1. The maximum absolute atomic E-state index is 13.3. The predicted octanol–water partition coefficient (Wildman–Crippen LogP) is 4.02. The van der Waals surface area contributed by atoms with Crippen LogP contribution in [0.1, 0.15) is 45.7 Å². The molecule has 0 radical (unpaired) electrons. The molecule has 180 valence electrons. The van der Waals surface area contributed by atoms with Gasteiger partial charge in [-0.1, -0.05) is 49.4 Å². The Hall–Kier alpha value is -2.97. The van der Waals surface area contributed by atoms with E-state index in [1.807, 2.05) is 45.9 Å². The van der Waals surface area contributed by atoms with Gasteiger partial charge in [0.05, 0.1) is 23.3 Å². The van der Waals surface area contributed by atoms with E-state index in [0.717, 1.165) is 11.1 Å². The summed E-state index contributed by atoms with van der Waals surface area (Å²) in [5, 5.41) is 3.69. The minimum Gasteiger partial charge on any atom is -0.383 e. The van der Waals surface area contributed by atoms with Crippen LogP contribution in [0, 0.1) is 19.8 Å². The predicted molar refractivity (Wildman–Crippen MR) is 136 cm³/mol. The molecule has 7 nitrogen and oxygen atoms in total. The number of nitrogens with one attached hydrogen (secondary N) is 1. The lowest BCUT2D eigenvalue weighted by atomic mass is 10.0. The summed E-state index contributed by atoms with van der Waals surface area (Å²) in [6, 6.07) is 10.6. The number of rotatable bonds is 10. The molecule has 2 aromatic carbocycles. The largest absolute Gasteiger partial charge is 0.383 e. The van der Waals surface area contributed by atoms with E-state index in [4.69, 9.17) is 9.72 Å². The Bertz CT molecular complexity index is 1270. The Morgan fingerprint density at radius 3 is 2.59 bits per heavy atom. The molecular weight excluding hydrogens is 450 g/mol. The third kappa shape index (κ3) is 6.12. The molecule has 1 aromatic heterocycles. The van der Waals surface area contributed by atoms with Crippen LogP contribution in [-0.4, -0.2) is 47.3 Å². The van der Waals surface area contributed by atoms with Crippen LogP contribution in [0.25, 0.3) is 10.9 Å². The van der Waals surface area contributed by atoms with E-state index in [1.54, 1.807) is 29.9 Å². The monoisotopic (exact) mass is 481 g/mol. The number of ether oxygens (including phenoxy) is 1. The highest BCUT2D eigenvalue weighted by atomic mass is 32.2. The normalized spacial score (nSPS) is 11.2. The van der Waals surface area contributed by atoms with Gasteiger partial charge in [0.25, 0.3) is 11.5 Å². The molecule has 0 aliphatic rings. The Morgan fingerprint density at radius 1 is 1.15 bits per heavy atom. The Balaban J connectivity index is 1.94. The molecule has 0 bridgehead atoms. The van der Waals surface area contributed by atoms with E-state index in [0.29, 0.717) is 46.9 Å². The van der Waals surface area contributed by atoms with Crippen LogP contribution in [0.5, 0.6) is 0 Å². The zero-order valence-electron chi connectivity index (χ0n) is 20.3. The average molecular weight is 482 g/mol. The van der Waals surface area contributed by atoms with Crippen molar-refractivity contribution in [2.75, 3.05) is 26.0 Å². The van der Waals surface area contributed by atoms with Crippen molar-refractivity contribution in [1.29, 1.82) is 0 Å². The lowest BCUT2D eigenvalue weighted by Gasteiger charge is -2.15. The van der Waals surface area contributed by atoms with E-state index in [2.05, 4.69) is 5.32 Å². The number of thioether (sulfide) groups is 1. The summed E-state index contributed by atoms with van der Waals surface area (Å²) in [7, 11) is 1.57. The van der Waals surface area contributed by atoms with Gasteiger partial charge in [-0.25, -0.2) is 4.98 Å². The number of methoxy groups -OCH3 is 1. The molecule has 0 unspecified atom stereocenters. The van der Waals surface area contributed by atoms with Gasteiger partial charge in [-0.15, -0.1) is 0 Å². The minimum atomic E-state index is -0.258. The molecule has 0 aliphatic carbocycles. The number of hydrogen-bond acceptors (Lipinski definition) is 6. The number of fused-ring (bicyclic) bond motifs is 1. The zero-order valence-corrected chi connectivity index (χ0v) is 21.1. The first-order valence-electron chi connectivity index (χ1n) is 11.3. The average Bonchev–Trinajstić information content (AvgIpc) is 2.79. The van der Waals surface area contributed by atoms with Crippen molar-refractivity contribution >= 4 is 34.4 Å². The van der Waals surface area contributed by atoms with Crippen LogP contribution in [0.3, 0.4) is 0 Å². The first-order chi connectivity index (χ1) is 16.2. The number of hydrogen-bond donors (Lipinski definition) is 1. The van der Waals surface area contributed by atoms with E-state index in [1.165, 1.54) is 11.8 Å². The second kappa shape index (κ2) is 11.4. The van der Waals surface area contributed by atoms with Crippen molar-refractivity contribution < 1.29 is 14.3 Å². The first-order valence-corrected chi connectivity index (χ1v) is 12.2. The molecule has 0 spiro atoms. The van der Waals surface area contributed by atoms with Gasteiger partial charge in [-0.2, -0.15) is 0 Å². The van der Waals surface area contributed by atoms with Gasteiger partial charge in [-0.05, 0) is 43.5 Å². The lowest BCUT2D eigenvalue weighted by Crippen LogP contribution is -2.28. The smallest absolute Gasteiger partial charge is 0.262 e. The van der Waals surface area contributed by atoms with Crippen molar-refractivity contribution in [2.45, 2.75) is 39.4 Å². The third-order valence-electron chi connectivity index (χ3n) is 5.34. The number of benzene rings is 2. The van der Waals surface area contributed by atoms with Gasteiger partial charge < -0.3 is 10.1 Å². The SMILES string of the molecule is COCCNC(=O)c1ccc2c(=O)n(CC(C)C)c(SCC(=O)c3ccc(C)cc3C)nc2c1. The lowest BCUT2D eigenvalue weighted by molar-refractivity contribution is 0.0936. The summed E-state index contributed by atoms with van der Waals surface area (Å²) >= 11 is 1.25. The highest BCUT2D eigenvalue weighted by Crippen LogP contribution is 2.22. The summed E-state index contributed by atoms with van der Waals surface area (Å²) < 4.78 is 6.59. The van der Waals surface area contributed by atoms with Crippen molar-refractivity contribution in [3.63, 3.8) is 0 Å². The Labute approximate surface area is 203 Å². The van der Waals surface area contributed by atoms with Crippen molar-refractivity contribution in [1.82, 2.24) is 14.9 Å². The third-order valence-corrected chi connectivity index (χ3v) is 6.31. The van der Waals surface area contributed by atoms with E-state index >= 15 is 0 Å². The van der Waals surface area contributed by atoms with Gasteiger partial charge >= 0.3 is 0 Å². The zero-order chi connectivity index (χ0) is 24.8. The summed E-state index contributed by atoms with van der Waals surface area (Å²) in [5.74, 6) is 0.111. The number of carbonyl (C=O) groups excluding carboxylic acids is 2. The Morgan fingerprint density at radius 2 is 1.91 bits per heavy atom. The number of aryl methyl sites for hydroxylation is 2. The van der Waals surface area contributed by atoms with Gasteiger partial charge in [0.1, 0.15) is 0 Å². The summed E-state index contributed by atoms with van der Waals surface area (Å²) in [4.78, 5) is 43.3. The highest BCUT2D eigenvalue weighted by molar-refractivity contribution is 7.99. The fourth-order valence-electron chi connectivity index (χ4n) is 3.68. The van der Waals surface area contributed by atoms with Gasteiger partial charge in [0.2, 0.25) is 0 Å². The van der Waals surface area contributed by atoms with Crippen molar-refractivity contribution in [3.05, 3.63) is 69.0 Å². The molecule has 1 amide bonds. The van der Waals surface area contributed by atoms with Crippen LogP contribution in [0.4, 0.5) is 0 Å². The van der Waals surface area contributed by atoms with Crippen molar-refractivity contribution in [2.24, 2.45) is 5.92 Å². The van der Waals surface area contributed by atoms with Gasteiger partial charge in [0, 0.05) is 31.3 Å². The maximum atomic E-state index is 13.3. The summed E-state index contributed by atoms with van der Waals surface area (Å²) in [6.45, 7) is 9.25. The molecular formula is C26H31N3O4S. The molecule has 3 aromatic rings. The molecule has 0 saturated carbocycles. The van der Waals surface area contributed by atoms with Crippen molar-refractivity contribution in [3.8, 4) is 0 Å². The molecule has 8 heteroatoms. The number of ketones is 1. The second-order valence-corrected chi connectivity index (χ2v) is 9.66. The Kier molecular flexibility index (Phi) is 8.63. The number of nitrogens with zero attached hydrogens (tertiary/aromatic N) is 2. The molecule has 0 saturated heterocycles. The molecule has 0 aliphatic heterocycles. The van der Waals surface area contributed by atoms with E-state index in [-0.39, 0.29) is 28.9 Å². The van der Waals surface area contributed by atoms with Crippen LogP contribution in [-0.2, 0) is 11.3 Å². The highest BCUT2D eigenvalue weighted by Gasteiger charge is 2.17. The molecule has 1 N–H and O–H groups in total. The van der Waals surface area contributed by atoms with Gasteiger partial charge in [0.15, 0.2) is 10.9 Å². The molecule has 1 heterocycles.